The number of fused-ring (bicyclic) bond motifs is 40. The van der Waals surface area contributed by atoms with Gasteiger partial charge in [0.15, 0.2) is 0 Å². The van der Waals surface area contributed by atoms with Gasteiger partial charge in [-0.25, -0.2) is 0 Å². The second-order valence-electron chi connectivity index (χ2n) is 31.2. The van der Waals surface area contributed by atoms with Gasteiger partial charge < -0.3 is 0 Å². The molecule has 0 spiro atoms. The van der Waals surface area contributed by atoms with Crippen LogP contribution in [0.5, 0.6) is 0 Å². The predicted molar refractivity (Wildman–Crippen MR) is 340 cm³/mol. The lowest BCUT2D eigenvalue weighted by Crippen LogP contribution is -2.61. The zero-order chi connectivity index (χ0) is 52.4. The summed E-state index contributed by atoms with van der Waals surface area (Å²) in [6, 6.07) is 0. The van der Waals surface area contributed by atoms with Crippen LogP contribution < -0.4 is 85.1 Å². The molecule has 10 aliphatic heterocycles. The maximum absolute atomic E-state index is 4.26. The molecule has 19 heteroatoms. The predicted octanol–water partition coefficient (Wildman–Crippen LogP) is 4.60. The summed E-state index contributed by atoms with van der Waals surface area (Å²) >= 11 is 0. The van der Waals surface area contributed by atoms with E-state index in [9.17, 15) is 0 Å². The fourth-order valence-corrected chi connectivity index (χ4v) is 23.9. The molecule has 16 atom stereocenters. The van der Waals surface area contributed by atoms with Crippen molar-refractivity contribution in [2.24, 2.45) is 94.7 Å². The van der Waals surface area contributed by atoms with Gasteiger partial charge in [0.25, 0.3) is 0 Å². The van der Waals surface area contributed by atoms with Crippen molar-refractivity contribution in [3.8, 4) is 0 Å². The Morgan fingerprint density at radius 2 is 0.181 bits per heavy atom. The first-order valence-electron chi connectivity index (χ1n) is 35.8. The monoisotopic (exact) mass is 1210 g/mol. The van der Waals surface area contributed by atoms with E-state index in [2.05, 4.69) is 85.1 Å². The number of rotatable bonds is 0. The third-order valence-electron chi connectivity index (χ3n) is 27.6. The van der Waals surface area contributed by atoms with Gasteiger partial charge in [-0.1, -0.05) is 103 Å². The Morgan fingerprint density at radius 1 is 0.120 bits per heavy atom. The minimum atomic E-state index is 0. The van der Waals surface area contributed by atoms with Gasteiger partial charge in [0, 0.05) is 0 Å². The van der Waals surface area contributed by atoms with Crippen molar-refractivity contribution in [3.63, 3.8) is 0 Å². The third-order valence-corrected chi connectivity index (χ3v) is 27.6. The molecule has 16 nitrogen and oxygen atoms in total. The van der Waals surface area contributed by atoms with Gasteiger partial charge in [0.2, 0.25) is 0 Å². The molecule has 472 valence electrons. The van der Waals surface area contributed by atoms with Gasteiger partial charge in [-0.3, -0.25) is 85.1 Å². The summed E-state index contributed by atoms with van der Waals surface area (Å²) in [5.74, 6) is 11.9. The highest BCUT2D eigenvalue weighted by Crippen LogP contribution is 2.49. The molecule has 18 aliphatic rings. The molecule has 18 fully saturated rings. The minimum absolute atomic E-state index is 0. The van der Waals surface area contributed by atoms with Gasteiger partial charge in [0.05, 0.1) is 98.7 Å². The Hall–Kier alpha value is 0.157. The van der Waals surface area contributed by atoms with Crippen LogP contribution in [0.25, 0.3) is 0 Å². The van der Waals surface area contributed by atoms with Crippen molar-refractivity contribution in [3.05, 3.63) is 0 Å². The Kier molecular flexibility index (Phi) is 19.0. The van der Waals surface area contributed by atoms with Crippen LogP contribution >= 0.6 is 24.8 Å². The standard InChI is InChI=1S/2C32H56N8.2ClH.H4Si/c2*1-2-10-18-17(9-1)25-33-26(18)38-28-21-13-5-6-14-22(21)30(35-28)40-32-24-16-8-7-15-23(24)31(36-32)39-29-20-12-4-3-11-19(20)27(34-29)37-25;;;/h2*17-40H,1-16H2;2*1H;1H4. The largest absolute Gasteiger partial charge is 0.286 e. The Balaban J connectivity index is 0.000000143. The van der Waals surface area contributed by atoms with Crippen molar-refractivity contribution < 1.29 is 0 Å². The molecule has 8 aliphatic carbocycles. The van der Waals surface area contributed by atoms with E-state index >= 15 is 0 Å². The van der Waals surface area contributed by atoms with Gasteiger partial charge in [-0.05, 0) is 208 Å². The van der Waals surface area contributed by atoms with Crippen LogP contribution in [0.3, 0.4) is 0 Å². The molecule has 16 N–H and O–H groups in total. The highest BCUT2D eigenvalue weighted by Gasteiger charge is 2.57. The molecule has 8 saturated carbocycles. The third kappa shape index (κ3) is 11.3. The normalized spacial score (nSPS) is 55.5. The topological polar surface area (TPSA) is 192 Å². The van der Waals surface area contributed by atoms with Crippen LogP contribution in [0, 0.1) is 94.7 Å². The summed E-state index contributed by atoms with van der Waals surface area (Å²) < 4.78 is 0. The molecule has 18 rings (SSSR count). The maximum Gasteiger partial charge on any atom is 0.0628 e. The molecule has 0 aromatic heterocycles. The summed E-state index contributed by atoms with van der Waals surface area (Å²) in [6.45, 7) is 0. The van der Waals surface area contributed by atoms with Crippen LogP contribution in [0.2, 0.25) is 0 Å². The average molecular weight is 1210 g/mol. The molecule has 10 heterocycles. The Bertz CT molecular complexity index is 1580. The number of hydrogen-bond donors (Lipinski definition) is 16. The number of nitrogens with one attached hydrogen (secondary N) is 16. The first-order chi connectivity index (χ1) is 39.6. The summed E-state index contributed by atoms with van der Waals surface area (Å²) in [7, 11) is 0. The van der Waals surface area contributed by atoms with E-state index in [-0.39, 0.29) is 35.8 Å². The molecule has 0 aromatic rings. The Labute approximate surface area is 517 Å². The molecule has 16 bridgehead atoms. The lowest BCUT2D eigenvalue weighted by molar-refractivity contribution is 0.167. The fraction of sp³-hybridized carbons (Fsp3) is 1.00. The van der Waals surface area contributed by atoms with Crippen LogP contribution in [-0.2, 0) is 0 Å². The zero-order valence-corrected chi connectivity index (χ0v) is 51.6. The van der Waals surface area contributed by atoms with Crippen LogP contribution in [0.1, 0.15) is 205 Å². The van der Waals surface area contributed by atoms with E-state index in [1.165, 1.54) is 205 Å². The summed E-state index contributed by atoms with van der Waals surface area (Å²) in [6.07, 6.45) is 51.1. The Morgan fingerprint density at radius 3 is 0.241 bits per heavy atom. The lowest BCUT2D eigenvalue weighted by atomic mass is 9.76. The molecular weight excluding hydrogens is 1090 g/mol. The molecule has 83 heavy (non-hydrogen) atoms. The van der Waals surface area contributed by atoms with E-state index in [0.29, 0.717) is 98.7 Å². The second kappa shape index (κ2) is 26.0. The number of halogens is 2. The van der Waals surface area contributed by atoms with Crippen molar-refractivity contribution >= 4 is 35.8 Å². The molecule has 0 amide bonds. The van der Waals surface area contributed by atoms with Crippen molar-refractivity contribution in [2.45, 2.75) is 304 Å². The van der Waals surface area contributed by atoms with E-state index in [4.69, 9.17) is 0 Å². The lowest BCUT2D eigenvalue weighted by Gasteiger charge is -2.35. The zero-order valence-electron chi connectivity index (χ0n) is 49.9. The highest BCUT2D eigenvalue weighted by atomic mass is 35.5. The quantitative estimate of drug-likeness (QED) is 0.151. The van der Waals surface area contributed by atoms with E-state index in [0.717, 1.165) is 94.7 Å². The highest BCUT2D eigenvalue weighted by molar-refractivity contribution is 5.85. The average Bonchev–Trinajstić information content (AvgIpc) is 4.58. The fourth-order valence-electron chi connectivity index (χ4n) is 23.9. The summed E-state index contributed by atoms with van der Waals surface area (Å²) in [5.41, 5.74) is 0. The van der Waals surface area contributed by atoms with Crippen LogP contribution in [0.4, 0.5) is 0 Å². The number of hydrogen-bond acceptors (Lipinski definition) is 16. The van der Waals surface area contributed by atoms with Gasteiger partial charge in [-0.2, -0.15) is 0 Å². The van der Waals surface area contributed by atoms with Gasteiger partial charge in [0.1, 0.15) is 0 Å². The molecule has 16 unspecified atom stereocenters. The van der Waals surface area contributed by atoms with Crippen LogP contribution in [-0.4, -0.2) is 110 Å². The van der Waals surface area contributed by atoms with E-state index in [1.54, 1.807) is 0 Å². The van der Waals surface area contributed by atoms with Crippen molar-refractivity contribution in [2.75, 3.05) is 0 Å². The molecule has 0 radical (unpaired) electrons. The van der Waals surface area contributed by atoms with Crippen LogP contribution in [0.15, 0.2) is 0 Å². The van der Waals surface area contributed by atoms with E-state index < -0.39 is 0 Å². The smallest absolute Gasteiger partial charge is 0.0628 e. The van der Waals surface area contributed by atoms with Crippen molar-refractivity contribution in [1.29, 1.82) is 0 Å². The SMILES string of the molecule is C1CCC2C3NC(NC4NC(NC5NC(NC6NC(N3)C3CCCCC63)C3CCCCC53)C3CCCCC43)C2C1.C1CCC2C3NC(NC4NC(NC5NC(NC6NC(N3)C3CCCCC63)C3CCCCC53)C3CCCCC43)C2C1.Cl.Cl.[SiH4]. The molecule has 0 aromatic carbocycles. The summed E-state index contributed by atoms with van der Waals surface area (Å²) in [4.78, 5) is 0. The minimum Gasteiger partial charge on any atom is -0.286 e. The van der Waals surface area contributed by atoms with Gasteiger partial charge >= 0.3 is 0 Å². The van der Waals surface area contributed by atoms with Gasteiger partial charge in [-0.15, -0.1) is 24.8 Å². The maximum atomic E-state index is 4.26. The molecule has 10 saturated heterocycles. The van der Waals surface area contributed by atoms with E-state index in [1.807, 2.05) is 0 Å². The first-order valence-corrected chi connectivity index (χ1v) is 35.8. The summed E-state index contributed by atoms with van der Waals surface area (Å²) in [5, 5.41) is 67.6. The first kappa shape index (κ1) is 60.7. The van der Waals surface area contributed by atoms with Crippen molar-refractivity contribution in [1.82, 2.24) is 85.1 Å². The molecular formula is C64H118Cl2N16Si. The second-order valence-corrected chi connectivity index (χ2v) is 31.2.